The lowest BCUT2D eigenvalue weighted by Gasteiger charge is -2.49. The van der Waals surface area contributed by atoms with Crippen molar-refractivity contribution in [3.05, 3.63) is 34.0 Å². The van der Waals surface area contributed by atoms with Gasteiger partial charge in [0.15, 0.2) is 10.8 Å². The molecule has 0 radical (unpaired) electrons. The molecule has 12 nitrogen and oxygen atoms in total. The summed E-state index contributed by atoms with van der Waals surface area (Å²) in [6, 6.07) is -0.724. The van der Waals surface area contributed by atoms with Crippen molar-refractivity contribution in [1.29, 1.82) is 0 Å². The second-order valence-corrected chi connectivity index (χ2v) is 10.2. The zero-order valence-corrected chi connectivity index (χ0v) is 19.3. The van der Waals surface area contributed by atoms with Gasteiger partial charge < -0.3 is 26.3 Å². The molecule has 178 valence electrons. The number of nitrogens with zero attached hydrogens (tertiary/aromatic N) is 4. The number of fused-ring (bicyclic) bond motifs is 1. The Hall–Kier alpha value is -3.39. The number of hydrogen-bond acceptors (Lipinski definition) is 10. The number of nitrogens with two attached hydrogens (primary N) is 1. The number of carboxylic acids is 1. The zero-order valence-electron chi connectivity index (χ0n) is 17.6. The number of carboxylic acid groups (broad SMARTS) is 1. The molecule has 34 heavy (non-hydrogen) atoms. The standard InChI is InChI=1S/C20H20N6O6S2/c21-20-22-11(7-34-20)12(24-32)15(27)23-13-17(29)26-14(19(30)31)9(6-33-18(13)26)5-8-3-4-25(16(8)28)10-1-2-10/h5,7,10,13,18,32H,1-4,6H2,(H2,21,22)(H,23,27)(H,30,31)/b8-5-,24-12-/t13-,18-/m1/s1. The number of carbonyl (C=O) groups is 4. The van der Waals surface area contributed by atoms with E-state index in [-0.39, 0.29) is 34.2 Å². The third-order valence-electron chi connectivity index (χ3n) is 6.06. The summed E-state index contributed by atoms with van der Waals surface area (Å²) < 4.78 is 0. The minimum atomic E-state index is -1.28. The SMILES string of the molecule is Nc1nc(/C(=N/O)C(=O)N[C@@H]2C(=O)N3C(C(=O)O)=C(/C=C4/CCN(C5CC5)C4=O)CS[C@H]23)cs1. The minimum absolute atomic E-state index is 0.0592. The van der Waals surface area contributed by atoms with E-state index < -0.39 is 34.9 Å². The minimum Gasteiger partial charge on any atom is -0.477 e. The van der Waals surface area contributed by atoms with Crippen LogP contribution in [0.3, 0.4) is 0 Å². The van der Waals surface area contributed by atoms with Gasteiger partial charge in [-0.05, 0) is 30.9 Å². The highest BCUT2D eigenvalue weighted by atomic mass is 32.2. The summed E-state index contributed by atoms with van der Waals surface area (Å²) in [5, 5.41) is 25.5. The van der Waals surface area contributed by atoms with Crippen molar-refractivity contribution >= 4 is 57.6 Å². The Balaban J connectivity index is 1.34. The van der Waals surface area contributed by atoms with Gasteiger partial charge in [0.05, 0.1) is 0 Å². The Labute approximate surface area is 201 Å². The molecule has 4 aliphatic rings. The van der Waals surface area contributed by atoms with Gasteiger partial charge in [-0.3, -0.25) is 19.3 Å². The number of carbonyl (C=O) groups excluding carboxylic acids is 3. The molecule has 0 spiro atoms. The molecule has 5 rings (SSSR count). The van der Waals surface area contributed by atoms with E-state index in [1.54, 1.807) is 6.08 Å². The number of rotatable bonds is 6. The van der Waals surface area contributed by atoms with Crippen molar-refractivity contribution in [3.8, 4) is 0 Å². The highest BCUT2D eigenvalue weighted by molar-refractivity contribution is 8.00. The number of oxime groups is 1. The maximum absolute atomic E-state index is 12.9. The summed E-state index contributed by atoms with van der Waals surface area (Å²) in [4.78, 5) is 57.0. The lowest BCUT2D eigenvalue weighted by molar-refractivity contribution is -0.150. The summed E-state index contributed by atoms with van der Waals surface area (Å²) in [6.07, 6.45) is 4.12. The molecule has 14 heteroatoms. The van der Waals surface area contributed by atoms with Gasteiger partial charge in [0.1, 0.15) is 22.8 Å². The lowest BCUT2D eigenvalue weighted by atomic mass is 10.0. The van der Waals surface area contributed by atoms with Crippen LogP contribution in [0, 0.1) is 0 Å². The van der Waals surface area contributed by atoms with Crippen LogP contribution in [0.1, 0.15) is 25.0 Å². The van der Waals surface area contributed by atoms with Gasteiger partial charge in [-0.15, -0.1) is 23.1 Å². The van der Waals surface area contributed by atoms with Crippen LogP contribution in [-0.2, 0) is 19.2 Å². The van der Waals surface area contributed by atoms with Crippen molar-refractivity contribution in [1.82, 2.24) is 20.1 Å². The Kier molecular flexibility index (Phi) is 5.56. The molecule has 4 heterocycles. The molecule has 3 fully saturated rings. The van der Waals surface area contributed by atoms with E-state index in [1.807, 2.05) is 4.90 Å². The van der Waals surface area contributed by atoms with Gasteiger partial charge in [-0.2, -0.15) is 0 Å². The first-order chi connectivity index (χ1) is 16.3. The predicted molar refractivity (Wildman–Crippen MR) is 122 cm³/mol. The van der Waals surface area contributed by atoms with E-state index >= 15 is 0 Å². The zero-order chi connectivity index (χ0) is 24.1. The van der Waals surface area contributed by atoms with Crippen LogP contribution < -0.4 is 11.1 Å². The predicted octanol–water partition coefficient (Wildman–Crippen LogP) is -0.0367. The number of β-lactam (4-membered cyclic amide) rings is 1. The van der Waals surface area contributed by atoms with Crippen LogP contribution in [0.5, 0.6) is 0 Å². The maximum atomic E-state index is 12.9. The number of nitrogens with one attached hydrogen (secondary N) is 1. The van der Waals surface area contributed by atoms with E-state index in [1.165, 1.54) is 17.1 Å². The number of aliphatic carboxylic acids is 1. The molecule has 0 unspecified atom stereocenters. The number of aromatic nitrogens is 1. The Morgan fingerprint density at radius 3 is 2.71 bits per heavy atom. The number of likely N-dealkylation sites (tertiary alicyclic amines) is 1. The van der Waals surface area contributed by atoms with Crippen LogP contribution in [0.25, 0.3) is 0 Å². The molecule has 1 saturated carbocycles. The average Bonchev–Trinajstić information content (AvgIpc) is 3.46. The van der Waals surface area contributed by atoms with E-state index in [2.05, 4.69) is 15.5 Å². The summed E-state index contributed by atoms with van der Waals surface area (Å²) in [7, 11) is 0. The number of nitrogen functional groups attached to an aromatic ring is 1. The van der Waals surface area contributed by atoms with Crippen molar-refractivity contribution < 1.29 is 29.5 Å². The van der Waals surface area contributed by atoms with Crippen LogP contribution in [-0.4, -0.2) is 84.3 Å². The maximum Gasteiger partial charge on any atom is 0.352 e. The fourth-order valence-corrected chi connectivity index (χ4v) is 6.14. The van der Waals surface area contributed by atoms with E-state index in [0.29, 0.717) is 24.1 Å². The monoisotopic (exact) mass is 504 g/mol. The number of anilines is 1. The molecule has 0 bridgehead atoms. The number of allylic oxidation sites excluding steroid dienone is 1. The summed E-state index contributed by atoms with van der Waals surface area (Å²) in [5.74, 6) is -2.55. The number of thioether (sulfide) groups is 1. The van der Waals surface area contributed by atoms with Gasteiger partial charge in [-0.1, -0.05) is 5.16 Å². The Morgan fingerprint density at radius 1 is 1.32 bits per heavy atom. The highest BCUT2D eigenvalue weighted by Crippen LogP contribution is 2.41. The first kappa shape index (κ1) is 22.4. The highest BCUT2D eigenvalue weighted by Gasteiger charge is 2.54. The number of thiazole rings is 1. The van der Waals surface area contributed by atoms with Gasteiger partial charge in [0, 0.05) is 29.3 Å². The Morgan fingerprint density at radius 2 is 2.09 bits per heavy atom. The Bertz CT molecular complexity index is 1200. The molecule has 1 aromatic heterocycles. The number of hydrogen-bond donors (Lipinski definition) is 4. The summed E-state index contributed by atoms with van der Waals surface area (Å²) >= 11 is 2.34. The first-order valence-corrected chi connectivity index (χ1v) is 12.4. The molecular weight excluding hydrogens is 484 g/mol. The van der Waals surface area contributed by atoms with Crippen LogP contribution in [0.4, 0.5) is 5.13 Å². The number of amides is 3. The molecule has 1 aliphatic carbocycles. The van der Waals surface area contributed by atoms with E-state index in [0.717, 1.165) is 29.1 Å². The second-order valence-electron chi connectivity index (χ2n) is 8.21. The quantitative estimate of drug-likeness (QED) is 0.136. The normalized spacial score (nSPS) is 26.1. The first-order valence-electron chi connectivity index (χ1n) is 10.5. The van der Waals surface area contributed by atoms with Crippen molar-refractivity contribution in [2.24, 2.45) is 5.16 Å². The molecule has 2 saturated heterocycles. The van der Waals surface area contributed by atoms with Crippen molar-refractivity contribution in [3.63, 3.8) is 0 Å². The molecule has 5 N–H and O–H groups in total. The van der Waals surface area contributed by atoms with Crippen LogP contribution in [0.2, 0.25) is 0 Å². The smallest absolute Gasteiger partial charge is 0.352 e. The van der Waals surface area contributed by atoms with Gasteiger partial charge in [-0.25, -0.2) is 9.78 Å². The van der Waals surface area contributed by atoms with Crippen molar-refractivity contribution in [2.45, 2.75) is 36.7 Å². The molecule has 3 amide bonds. The molecule has 1 aromatic rings. The van der Waals surface area contributed by atoms with E-state index in [4.69, 9.17) is 5.73 Å². The fourth-order valence-electron chi connectivity index (χ4n) is 4.29. The van der Waals surface area contributed by atoms with Crippen molar-refractivity contribution in [2.75, 3.05) is 18.0 Å². The lowest BCUT2D eigenvalue weighted by Crippen LogP contribution is -2.71. The molecular formula is C20H20N6O6S2. The average molecular weight is 505 g/mol. The van der Waals surface area contributed by atoms with Crippen LogP contribution in [0.15, 0.2) is 33.5 Å². The third-order valence-corrected chi connectivity index (χ3v) is 8.04. The summed E-state index contributed by atoms with van der Waals surface area (Å²) in [5.41, 5.74) is 5.96. The fraction of sp³-hybridized carbons (Fsp3) is 0.400. The van der Waals surface area contributed by atoms with Gasteiger partial charge in [0.25, 0.3) is 11.8 Å². The molecule has 3 aliphatic heterocycles. The summed E-state index contributed by atoms with van der Waals surface area (Å²) in [6.45, 7) is 0.622. The molecule has 2 atom stereocenters. The van der Waals surface area contributed by atoms with Crippen LogP contribution >= 0.6 is 23.1 Å². The van der Waals surface area contributed by atoms with E-state index in [9.17, 15) is 29.5 Å². The third kappa shape index (κ3) is 3.72. The van der Waals surface area contributed by atoms with Gasteiger partial charge in [0.2, 0.25) is 5.91 Å². The van der Waals surface area contributed by atoms with Gasteiger partial charge >= 0.3 is 5.97 Å². The second kappa shape index (κ2) is 8.43. The topological polar surface area (TPSA) is 179 Å². The largest absolute Gasteiger partial charge is 0.477 e. The molecule has 0 aromatic carbocycles.